The molecule has 0 bridgehead atoms. The molecule has 3 aromatic rings. The van der Waals surface area contributed by atoms with E-state index in [9.17, 15) is 0 Å². The molecule has 0 aliphatic rings. The fourth-order valence-corrected chi connectivity index (χ4v) is 2.94. The molecule has 0 saturated carbocycles. The van der Waals surface area contributed by atoms with Crippen molar-refractivity contribution in [1.29, 1.82) is 0 Å². The minimum Gasteiger partial charge on any atom is -0.144 e. The number of benzene rings is 2. The van der Waals surface area contributed by atoms with Gasteiger partial charge in [0.15, 0.2) is 0 Å². The average molecular weight is 276 g/mol. The van der Waals surface area contributed by atoms with Crippen molar-refractivity contribution < 1.29 is 0 Å². The standard InChI is InChI=1S/C19H16S/c1-15-9-11-16(12-10-15)14-18(19-8-5-13-20-19)17-6-3-2-4-7-17/h2-14H,1H3. The summed E-state index contributed by atoms with van der Waals surface area (Å²) < 4.78 is 0. The SMILES string of the molecule is Cc1ccc(C=C(c2ccccc2)c2cccs2)cc1. The molecule has 3 rings (SSSR count). The molecule has 2 aromatic carbocycles. The summed E-state index contributed by atoms with van der Waals surface area (Å²) in [4.78, 5) is 1.30. The molecular weight excluding hydrogens is 260 g/mol. The minimum absolute atomic E-state index is 1.24. The molecule has 1 aromatic heterocycles. The first kappa shape index (κ1) is 12.9. The number of rotatable bonds is 3. The lowest BCUT2D eigenvalue weighted by Crippen LogP contribution is -1.85. The number of hydrogen-bond donors (Lipinski definition) is 0. The van der Waals surface area contributed by atoms with E-state index in [1.807, 2.05) is 0 Å². The Bertz CT molecular complexity index is 689. The molecule has 1 heterocycles. The van der Waals surface area contributed by atoms with Crippen LogP contribution in [-0.2, 0) is 0 Å². The van der Waals surface area contributed by atoms with Gasteiger partial charge in [0.2, 0.25) is 0 Å². The third kappa shape index (κ3) is 2.89. The topological polar surface area (TPSA) is 0 Å². The molecule has 0 atom stereocenters. The molecule has 0 amide bonds. The Morgan fingerprint density at radius 1 is 0.850 bits per heavy atom. The largest absolute Gasteiger partial charge is 0.144 e. The van der Waals surface area contributed by atoms with Gasteiger partial charge in [-0.25, -0.2) is 0 Å². The summed E-state index contributed by atoms with van der Waals surface area (Å²) in [5, 5.41) is 2.13. The maximum atomic E-state index is 2.26. The molecule has 0 spiro atoms. The van der Waals surface area contributed by atoms with Gasteiger partial charge in [0.1, 0.15) is 0 Å². The van der Waals surface area contributed by atoms with Crippen LogP contribution in [0.25, 0.3) is 11.6 Å². The lowest BCUT2D eigenvalue weighted by molar-refractivity contribution is 1.46. The molecule has 0 N–H and O–H groups in total. The highest BCUT2D eigenvalue weighted by molar-refractivity contribution is 7.11. The monoisotopic (exact) mass is 276 g/mol. The molecule has 1 heteroatoms. The van der Waals surface area contributed by atoms with Gasteiger partial charge >= 0.3 is 0 Å². The van der Waals surface area contributed by atoms with E-state index >= 15 is 0 Å². The van der Waals surface area contributed by atoms with Crippen LogP contribution in [0.1, 0.15) is 21.6 Å². The van der Waals surface area contributed by atoms with Crippen molar-refractivity contribution in [2.24, 2.45) is 0 Å². The highest BCUT2D eigenvalue weighted by Gasteiger charge is 2.05. The summed E-state index contributed by atoms with van der Waals surface area (Å²) in [5.41, 5.74) is 5.07. The second-order valence-corrected chi connectivity index (χ2v) is 5.76. The van der Waals surface area contributed by atoms with E-state index in [1.54, 1.807) is 11.3 Å². The van der Waals surface area contributed by atoms with Gasteiger partial charge in [0, 0.05) is 4.88 Å². The smallest absolute Gasteiger partial charge is 0.0348 e. The van der Waals surface area contributed by atoms with E-state index < -0.39 is 0 Å². The molecular formula is C19H16S. The summed E-state index contributed by atoms with van der Waals surface area (Å²) in [6, 6.07) is 23.5. The van der Waals surface area contributed by atoms with Gasteiger partial charge in [-0.2, -0.15) is 0 Å². The molecule has 0 nitrogen and oxygen atoms in total. The van der Waals surface area contributed by atoms with E-state index in [4.69, 9.17) is 0 Å². The first-order valence-corrected chi connectivity index (χ1v) is 7.58. The summed E-state index contributed by atoms with van der Waals surface area (Å²) in [6.07, 6.45) is 2.26. The van der Waals surface area contributed by atoms with Crippen molar-refractivity contribution in [3.8, 4) is 0 Å². The van der Waals surface area contributed by atoms with Crippen molar-refractivity contribution in [3.63, 3.8) is 0 Å². The molecule has 0 unspecified atom stereocenters. The summed E-state index contributed by atoms with van der Waals surface area (Å²) in [6.45, 7) is 2.12. The third-order valence-corrected chi connectivity index (χ3v) is 4.16. The molecule has 98 valence electrons. The van der Waals surface area contributed by atoms with Crippen molar-refractivity contribution in [2.45, 2.75) is 6.92 Å². The van der Waals surface area contributed by atoms with Gasteiger partial charge in [0.25, 0.3) is 0 Å². The van der Waals surface area contributed by atoms with Crippen LogP contribution in [-0.4, -0.2) is 0 Å². The number of aryl methyl sites for hydroxylation is 1. The Morgan fingerprint density at radius 2 is 1.60 bits per heavy atom. The normalized spacial score (nSPS) is 11.6. The van der Waals surface area contributed by atoms with Gasteiger partial charge in [-0.05, 0) is 41.1 Å². The van der Waals surface area contributed by atoms with Gasteiger partial charge in [-0.3, -0.25) is 0 Å². The maximum Gasteiger partial charge on any atom is 0.0348 e. The zero-order chi connectivity index (χ0) is 13.8. The number of hydrogen-bond acceptors (Lipinski definition) is 1. The quantitative estimate of drug-likeness (QED) is 0.543. The zero-order valence-corrected chi connectivity index (χ0v) is 12.2. The second-order valence-electron chi connectivity index (χ2n) is 4.81. The highest BCUT2D eigenvalue weighted by atomic mass is 32.1. The molecule has 0 saturated heterocycles. The van der Waals surface area contributed by atoms with Crippen LogP contribution in [0.4, 0.5) is 0 Å². The van der Waals surface area contributed by atoms with Crippen LogP contribution in [0.3, 0.4) is 0 Å². The molecule has 0 aliphatic carbocycles. The van der Waals surface area contributed by atoms with Crippen molar-refractivity contribution in [2.75, 3.05) is 0 Å². The molecule has 20 heavy (non-hydrogen) atoms. The Labute approximate surface area is 124 Å². The summed E-state index contributed by atoms with van der Waals surface area (Å²) in [5.74, 6) is 0. The maximum absolute atomic E-state index is 2.26. The van der Waals surface area contributed by atoms with Crippen LogP contribution < -0.4 is 0 Å². The summed E-state index contributed by atoms with van der Waals surface area (Å²) in [7, 11) is 0. The number of thiophene rings is 1. The Hall–Kier alpha value is -2.12. The Kier molecular flexibility index (Phi) is 3.80. The average Bonchev–Trinajstić information content (AvgIpc) is 3.01. The van der Waals surface area contributed by atoms with E-state index in [0.29, 0.717) is 0 Å². The summed E-state index contributed by atoms with van der Waals surface area (Å²) >= 11 is 1.78. The van der Waals surface area contributed by atoms with E-state index in [1.165, 1.54) is 27.1 Å². The Morgan fingerprint density at radius 3 is 2.25 bits per heavy atom. The van der Waals surface area contributed by atoms with Crippen LogP contribution in [0.5, 0.6) is 0 Å². The van der Waals surface area contributed by atoms with Gasteiger partial charge in [-0.15, -0.1) is 11.3 Å². The lowest BCUT2D eigenvalue weighted by Gasteiger charge is -2.06. The first-order chi connectivity index (χ1) is 9.83. The first-order valence-electron chi connectivity index (χ1n) is 6.70. The van der Waals surface area contributed by atoms with Crippen LogP contribution in [0.2, 0.25) is 0 Å². The molecule has 0 aliphatic heterocycles. The van der Waals surface area contributed by atoms with Crippen LogP contribution >= 0.6 is 11.3 Å². The minimum atomic E-state index is 1.24. The Balaban J connectivity index is 2.08. The predicted molar refractivity (Wildman–Crippen MR) is 88.9 cm³/mol. The van der Waals surface area contributed by atoms with Crippen LogP contribution in [0.15, 0.2) is 72.1 Å². The van der Waals surface area contributed by atoms with E-state index in [-0.39, 0.29) is 0 Å². The van der Waals surface area contributed by atoms with Gasteiger partial charge in [0.05, 0.1) is 0 Å². The van der Waals surface area contributed by atoms with Gasteiger partial charge in [-0.1, -0.05) is 66.2 Å². The van der Waals surface area contributed by atoms with Gasteiger partial charge < -0.3 is 0 Å². The van der Waals surface area contributed by atoms with E-state index in [0.717, 1.165) is 0 Å². The van der Waals surface area contributed by atoms with Crippen molar-refractivity contribution in [1.82, 2.24) is 0 Å². The third-order valence-electron chi connectivity index (χ3n) is 3.26. The molecule has 0 fully saturated rings. The second kappa shape index (κ2) is 5.89. The zero-order valence-electron chi connectivity index (χ0n) is 11.4. The van der Waals surface area contributed by atoms with E-state index in [2.05, 4.69) is 85.1 Å². The fraction of sp³-hybridized carbons (Fsp3) is 0.0526. The van der Waals surface area contributed by atoms with Crippen molar-refractivity contribution >= 4 is 23.0 Å². The predicted octanol–water partition coefficient (Wildman–Crippen LogP) is 5.65. The van der Waals surface area contributed by atoms with Crippen molar-refractivity contribution in [3.05, 3.63) is 93.7 Å². The lowest BCUT2D eigenvalue weighted by atomic mass is 10.0. The molecule has 0 radical (unpaired) electrons. The van der Waals surface area contributed by atoms with Crippen LogP contribution in [0, 0.1) is 6.92 Å². The fourth-order valence-electron chi connectivity index (χ4n) is 2.18. The highest BCUT2D eigenvalue weighted by Crippen LogP contribution is 2.29.